The molecule has 162 valence electrons. The van der Waals surface area contributed by atoms with E-state index in [-0.39, 0.29) is 6.04 Å². The van der Waals surface area contributed by atoms with Crippen LogP contribution in [0.2, 0.25) is 0 Å². The molecule has 0 aliphatic carbocycles. The van der Waals surface area contributed by atoms with Crippen molar-refractivity contribution >= 4 is 5.96 Å². The van der Waals surface area contributed by atoms with E-state index in [9.17, 15) is 0 Å². The second-order valence-electron chi connectivity index (χ2n) is 7.21. The fraction of sp³-hybridized carbons (Fsp3) is 0.609. The molecule has 0 aromatic heterocycles. The molecule has 1 aliphatic heterocycles. The van der Waals surface area contributed by atoms with Gasteiger partial charge in [0.25, 0.3) is 0 Å². The van der Waals surface area contributed by atoms with Gasteiger partial charge in [0.1, 0.15) is 0 Å². The number of hydrogen-bond donors (Lipinski definition) is 2. The molecule has 2 rings (SSSR count). The van der Waals surface area contributed by atoms with Gasteiger partial charge in [0.15, 0.2) is 17.5 Å². The first-order valence-corrected chi connectivity index (χ1v) is 10.8. The number of rotatable bonds is 11. The van der Waals surface area contributed by atoms with Crippen LogP contribution < -0.4 is 20.1 Å². The Morgan fingerprint density at radius 1 is 1.17 bits per heavy atom. The summed E-state index contributed by atoms with van der Waals surface area (Å²) in [6.45, 7) is 10.1. The molecule has 1 aromatic rings. The number of guanidine groups is 1. The highest BCUT2D eigenvalue weighted by Gasteiger charge is 2.13. The maximum absolute atomic E-state index is 5.92. The standard InChI is InChI=1S/C23H37N3O3/c1-5-13-28-21-8-7-20(17-22(21)29-14-6-2)18(3)26-23(24-4)25-12-9-19-10-15-27-16-11-19/h7-8,10,17-18H,5-6,9,11-16H2,1-4H3,(H2,24,25,26). The van der Waals surface area contributed by atoms with Gasteiger partial charge in [-0.25, -0.2) is 0 Å². The summed E-state index contributed by atoms with van der Waals surface area (Å²) in [7, 11) is 1.80. The molecule has 29 heavy (non-hydrogen) atoms. The SMILES string of the molecule is CCCOc1ccc(C(C)NC(=NC)NCCC2=CCOCC2)cc1OCCC. The van der Waals surface area contributed by atoms with E-state index in [4.69, 9.17) is 14.2 Å². The van der Waals surface area contributed by atoms with Crippen molar-refractivity contribution < 1.29 is 14.2 Å². The van der Waals surface area contributed by atoms with Crippen molar-refractivity contribution in [1.82, 2.24) is 10.6 Å². The molecule has 0 saturated carbocycles. The number of benzene rings is 1. The highest BCUT2D eigenvalue weighted by atomic mass is 16.5. The van der Waals surface area contributed by atoms with Gasteiger partial charge in [-0.2, -0.15) is 0 Å². The average molecular weight is 404 g/mol. The molecule has 1 heterocycles. The first kappa shape index (κ1) is 23.1. The Morgan fingerprint density at radius 2 is 1.93 bits per heavy atom. The fourth-order valence-corrected chi connectivity index (χ4v) is 3.07. The zero-order chi connectivity index (χ0) is 20.9. The van der Waals surface area contributed by atoms with Crippen LogP contribution in [0.1, 0.15) is 58.1 Å². The third-order valence-corrected chi connectivity index (χ3v) is 4.76. The molecule has 0 spiro atoms. The van der Waals surface area contributed by atoms with Gasteiger partial charge in [-0.05, 0) is 50.3 Å². The largest absolute Gasteiger partial charge is 0.490 e. The van der Waals surface area contributed by atoms with Gasteiger partial charge in [-0.3, -0.25) is 4.99 Å². The Bertz CT molecular complexity index is 673. The van der Waals surface area contributed by atoms with Gasteiger partial charge in [0.05, 0.1) is 32.5 Å². The minimum atomic E-state index is 0.0905. The maximum atomic E-state index is 5.92. The third kappa shape index (κ3) is 7.97. The van der Waals surface area contributed by atoms with Gasteiger partial charge >= 0.3 is 0 Å². The minimum absolute atomic E-state index is 0.0905. The summed E-state index contributed by atoms with van der Waals surface area (Å²) in [6, 6.07) is 6.25. The van der Waals surface area contributed by atoms with E-state index in [2.05, 4.69) is 54.6 Å². The lowest BCUT2D eigenvalue weighted by Gasteiger charge is -2.21. The van der Waals surface area contributed by atoms with Crippen LogP contribution in [0.4, 0.5) is 0 Å². The van der Waals surface area contributed by atoms with Crippen molar-refractivity contribution in [2.45, 2.75) is 52.5 Å². The number of hydrogen-bond acceptors (Lipinski definition) is 4. The molecule has 1 aromatic carbocycles. The fourth-order valence-electron chi connectivity index (χ4n) is 3.07. The number of aliphatic imine (C=N–C) groups is 1. The lowest BCUT2D eigenvalue weighted by atomic mass is 10.1. The molecule has 1 unspecified atom stereocenters. The Morgan fingerprint density at radius 3 is 2.59 bits per heavy atom. The smallest absolute Gasteiger partial charge is 0.191 e. The minimum Gasteiger partial charge on any atom is -0.490 e. The monoisotopic (exact) mass is 403 g/mol. The lowest BCUT2D eigenvalue weighted by molar-refractivity contribution is 0.153. The summed E-state index contributed by atoms with van der Waals surface area (Å²) in [6.07, 6.45) is 6.15. The molecule has 1 aliphatic rings. The molecule has 6 heteroatoms. The first-order chi connectivity index (χ1) is 14.2. The van der Waals surface area contributed by atoms with E-state index in [1.165, 1.54) is 5.57 Å². The van der Waals surface area contributed by atoms with Gasteiger partial charge in [0.2, 0.25) is 0 Å². The number of nitrogens with zero attached hydrogens (tertiary/aromatic N) is 1. The Balaban J connectivity index is 1.94. The molecule has 0 radical (unpaired) electrons. The van der Waals surface area contributed by atoms with E-state index in [0.717, 1.165) is 68.5 Å². The quantitative estimate of drug-likeness (QED) is 0.329. The highest BCUT2D eigenvalue weighted by Crippen LogP contribution is 2.31. The van der Waals surface area contributed by atoms with E-state index >= 15 is 0 Å². The summed E-state index contributed by atoms with van der Waals surface area (Å²) in [5.74, 6) is 2.41. The molecular formula is C23H37N3O3. The van der Waals surface area contributed by atoms with Gasteiger partial charge < -0.3 is 24.8 Å². The zero-order valence-electron chi connectivity index (χ0n) is 18.4. The maximum Gasteiger partial charge on any atom is 0.191 e. The summed E-state index contributed by atoms with van der Waals surface area (Å²) in [4.78, 5) is 4.36. The molecular weight excluding hydrogens is 366 g/mol. The molecule has 0 bridgehead atoms. The Hall–Kier alpha value is -2.21. The van der Waals surface area contributed by atoms with E-state index in [1.54, 1.807) is 7.05 Å². The van der Waals surface area contributed by atoms with Crippen molar-refractivity contribution in [2.24, 2.45) is 4.99 Å². The van der Waals surface area contributed by atoms with Gasteiger partial charge in [-0.1, -0.05) is 31.6 Å². The van der Waals surface area contributed by atoms with Crippen LogP contribution in [0.3, 0.4) is 0 Å². The van der Waals surface area contributed by atoms with Crippen LogP contribution in [0.5, 0.6) is 11.5 Å². The van der Waals surface area contributed by atoms with Crippen molar-refractivity contribution in [3.8, 4) is 11.5 Å². The molecule has 0 saturated heterocycles. The average Bonchev–Trinajstić information content (AvgIpc) is 2.76. The predicted molar refractivity (Wildman–Crippen MR) is 119 cm³/mol. The van der Waals surface area contributed by atoms with E-state index < -0.39 is 0 Å². The van der Waals surface area contributed by atoms with Crippen LogP contribution in [-0.2, 0) is 4.74 Å². The molecule has 1 atom stereocenters. The molecule has 2 N–H and O–H groups in total. The lowest BCUT2D eigenvalue weighted by Crippen LogP contribution is -2.39. The van der Waals surface area contributed by atoms with E-state index in [0.29, 0.717) is 13.2 Å². The summed E-state index contributed by atoms with van der Waals surface area (Å²) < 4.78 is 17.1. The highest BCUT2D eigenvalue weighted by molar-refractivity contribution is 5.80. The Kier molecular flexibility index (Phi) is 10.4. The van der Waals surface area contributed by atoms with Crippen molar-refractivity contribution in [3.05, 3.63) is 35.4 Å². The molecule has 0 amide bonds. The summed E-state index contributed by atoms with van der Waals surface area (Å²) in [5.41, 5.74) is 2.59. The van der Waals surface area contributed by atoms with Gasteiger partial charge in [-0.15, -0.1) is 0 Å². The van der Waals surface area contributed by atoms with Crippen LogP contribution in [0, 0.1) is 0 Å². The Labute approximate surface area is 175 Å². The summed E-state index contributed by atoms with van der Waals surface area (Å²) >= 11 is 0. The van der Waals surface area contributed by atoms with Crippen molar-refractivity contribution in [2.75, 3.05) is 40.0 Å². The first-order valence-electron chi connectivity index (χ1n) is 10.8. The van der Waals surface area contributed by atoms with E-state index in [1.807, 2.05) is 6.07 Å². The van der Waals surface area contributed by atoms with Crippen LogP contribution in [0.25, 0.3) is 0 Å². The van der Waals surface area contributed by atoms with Gasteiger partial charge in [0, 0.05) is 13.6 Å². The number of ether oxygens (including phenoxy) is 3. The summed E-state index contributed by atoms with van der Waals surface area (Å²) in [5, 5.41) is 6.87. The van der Waals surface area contributed by atoms with Crippen LogP contribution >= 0.6 is 0 Å². The third-order valence-electron chi connectivity index (χ3n) is 4.76. The predicted octanol–water partition coefficient (Wildman–Crippen LogP) is 4.23. The molecule has 0 fully saturated rings. The van der Waals surface area contributed by atoms with Crippen molar-refractivity contribution in [3.63, 3.8) is 0 Å². The normalized spacial score (nSPS) is 15.4. The topological polar surface area (TPSA) is 64.1 Å². The molecule has 6 nitrogen and oxygen atoms in total. The second kappa shape index (κ2) is 13.1. The zero-order valence-corrected chi connectivity index (χ0v) is 18.4. The number of nitrogens with one attached hydrogen (secondary N) is 2. The van der Waals surface area contributed by atoms with Crippen LogP contribution in [-0.4, -0.2) is 46.0 Å². The second-order valence-corrected chi connectivity index (χ2v) is 7.21. The van der Waals surface area contributed by atoms with Crippen LogP contribution in [0.15, 0.2) is 34.8 Å². The van der Waals surface area contributed by atoms with Crippen molar-refractivity contribution in [1.29, 1.82) is 0 Å².